The van der Waals surface area contributed by atoms with Gasteiger partial charge in [0.25, 0.3) is 0 Å². The minimum atomic E-state index is -0.398. The monoisotopic (exact) mass is 799 g/mol. The Kier molecular flexibility index (Phi) is 17.4. The quantitative estimate of drug-likeness (QED) is 0.0178. The number of carbonyl (C=O) groups is 3. The number of hydrogen-bond acceptors (Lipinski definition) is 13. The van der Waals surface area contributed by atoms with E-state index in [2.05, 4.69) is 13.5 Å². The Labute approximate surface area is 338 Å². The van der Waals surface area contributed by atoms with E-state index in [0.717, 1.165) is 59.9 Å². The van der Waals surface area contributed by atoms with Crippen molar-refractivity contribution in [3.8, 4) is 23.0 Å². The molecule has 1 aromatic heterocycles. The van der Waals surface area contributed by atoms with Gasteiger partial charge in [0, 0.05) is 18.2 Å². The number of fused-ring (bicyclic) bond motifs is 1. The first-order chi connectivity index (χ1) is 27.9. The molecule has 1 aliphatic rings. The maximum Gasteiger partial charge on any atom is 0.330 e. The first kappa shape index (κ1) is 42.9. The van der Waals surface area contributed by atoms with Crippen molar-refractivity contribution in [1.82, 2.24) is 4.98 Å². The van der Waals surface area contributed by atoms with Crippen molar-refractivity contribution in [2.75, 3.05) is 45.1 Å². The largest absolute Gasteiger partial charge is 0.496 e. The van der Waals surface area contributed by atoms with E-state index >= 15 is 0 Å². The summed E-state index contributed by atoms with van der Waals surface area (Å²) in [6.07, 6.45) is 10.6. The predicted molar refractivity (Wildman–Crippen MR) is 222 cm³/mol. The zero-order chi connectivity index (χ0) is 40.2. The van der Waals surface area contributed by atoms with Crippen LogP contribution in [-0.2, 0) is 23.9 Å². The van der Waals surface area contributed by atoms with Crippen LogP contribution in [0, 0.1) is 11.8 Å². The molecule has 57 heavy (non-hydrogen) atoms. The van der Waals surface area contributed by atoms with E-state index < -0.39 is 5.97 Å². The lowest BCUT2D eigenvalue weighted by Crippen LogP contribution is -2.30. The number of rotatable bonds is 23. The Hall–Kier alpha value is -5.27. The van der Waals surface area contributed by atoms with E-state index in [1.165, 1.54) is 0 Å². The summed E-state index contributed by atoms with van der Waals surface area (Å²) in [6.45, 7) is 8.16. The van der Waals surface area contributed by atoms with Crippen molar-refractivity contribution in [2.24, 2.45) is 16.9 Å². The van der Waals surface area contributed by atoms with E-state index in [1.54, 1.807) is 67.1 Å². The fourth-order valence-electron chi connectivity index (χ4n) is 6.23. The van der Waals surface area contributed by atoms with Crippen LogP contribution in [0.1, 0.15) is 76.7 Å². The van der Waals surface area contributed by atoms with Crippen LogP contribution < -0.4 is 24.0 Å². The van der Waals surface area contributed by atoms with Gasteiger partial charge in [0.05, 0.1) is 61.7 Å². The van der Waals surface area contributed by atoms with Gasteiger partial charge in [-0.2, -0.15) is 5.10 Å². The van der Waals surface area contributed by atoms with Crippen molar-refractivity contribution in [3.05, 3.63) is 84.9 Å². The number of hydrogen-bond donors (Lipinski definition) is 0. The number of unbranched alkanes of at least 4 members (excludes halogenated alkanes) is 4. The molecule has 0 amide bonds. The Morgan fingerprint density at radius 2 is 1.49 bits per heavy atom. The maximum absolute atomic E-state index is 13.3. The fourth-order valence-corrected chi connectivity index (χ4v) is 7.18. The highest BCUT2D eigenvalue weighted by Crippen LogP contribution is 2.33. The van der Waals surface area contributed by atoms with Crippen LogP contribution in [0.15, 0.2) is 84.5 Å². The average Bonchev–Trinajstić information content (AvgIpc) is 3.67. The Morgan fingerprint density at radius 3 is 2.18 bits per heavy atom. The van der Waals surface area contributed by atoms with Crippen LogP contribution in [0.5, 0.6) is 23.0 Å². The standard InChI is InChI=1S/C44H53N3O9S/c1-4-6-26-52-29-25-47(44-46-38-13-9-10-14-40(38)57-44)45-31-34-30-37(23-24-39(34)51-3)56-43(50)33-17-15-32(16-18-33)42(49)55-36-21-19-35(20-22-36)53-27-11-7-8-12-28-54-41(48)5-2/h5,9-10,13-14,19-24,30-33H,2,4,6-8,11-12,15-18,25-29H2,1,3H3/b45-31+. The van der Waals surface area contributed by atoms with E-state index in [4.69, 9.17) is 38.5 Å². The molecule has 3 aromatic carbocycles. The van der Waals surface area contributed by atoms with E-state index in [-0.39, 0.29) is 23.8 Å². The lowest BCUT2D eigenvalue weighted by Gasteiger charge is -2.25. The second-order valence-corrected chi connectivity index (χ2v) is 14.7. The molecule has 0 aliphatic heterocycles. The summed E-state index contributed by atoms with van der Waals surface area (Å²) in [6, 6.07) is 20.2. The van der Waals surface area contributed by atoms with Gasteiger partial charge in [0.15, 0.2) is 0 Å². The molecule has 1 heterocycles. The SMILES string of the molecule is C=CC(=O)OCCCCCCOc1ccc(OC(=O)C2CCC(C(=O)Oc3ccc(OC)c(/C=N/N(CCOCCCC)c4nc5ccccc5s4)c3)CC2)cc1. The molecule has 12 nitrogen and oxygen atoms in total. The van der Waals surface area contributed by atoms with Crippen LogP contribution in [0.2, 0.25) is 0 Å². The number of esters is 3. The van der Waals surface area contributed by atoms with Gasteiger partial charge in [0.2, 0.25) is 5.13 Å². The molecule has 0 bridgehead atoms. The number of ether oxygens (including phenoxy) is 6. The van der Waals surface area contributed by atoms with Crippen LogP contribution >= 0.6 is 11.3 Å². The molecule has 304 valence electrons. The van der Waals surface area contributed by atoms with E-state index in [0.29, 0.717) is 87.2 Å². The van der Waals surface area contributed by atoms with Crippen molar-refractivity contribution in [2.45, 2.75) is 71.1 Å². The Morgan fingerprint density at radius 1 is 0.825 bits per heavy atom. The molecule has 0 radical (unpaired) electrons. The van der Waals surface area contributed by atoms with Crippen LogP contribution in [0.4, 0.5) is 5.13 Å². The lowest BCUT2D eigenvalue weighted by molar-refractivity contribution is -0.145. The van der Waals surface area contributed by atoms with Gasteiger partial charge < -0.3 is 28.4 Å². The number of thiazole rings is 1. The zero-order valence-electron chi connectivity index (χ0n) is 32.9. The molecule has 13 heteroatoms. The third-order valence-electron chi connectivity index (χ3n) is 9.50. The van der Waals surface area contributed by atoms with Gasteiger partial charge in [0.1, 0.15) is 23.0 Å². The molecular weight excluding hydrogens is 747 g/mol. The topological polar surface area (TPSA) is 135 Å². The highest BCUT2D eigenvalue weighted by Gasteiger charge is 2.32. The number of methoxy groups -OCH3 is 1. The molecule has 1 aliphatic carbocycles. The number of benzene rings is 3. The molecule has 0 spiro atoms. The van der Waals surface area contributed by atoms with Gasteiger partial charge in [-0.25, -0.2) is 14.8 Å². The molecule has 0 N–H and O–H groups in total. The maximum atomic E-state index is 13.3. The summed E-state index contributed by atoms with van der Waals surface area (Å²) in [7, 11) is 1.58. The van der Waals surface area contributed by atoms with Crippen molar-refractivity contribution < 1.29 is 42.8 Å². The summed E-state index contributed by atoms with van der Waals surface area (Å²) in [5.74, 6) is 0.439. The molecule has 1 saturated carbocycles. The third-order valence-corrected chi connectivity index (χ3v) is 10.6. The number of para-hydroxylation sites is 1. The van der Waals surface area contributed by atoms with Crippen molar-refractivity contribution in [3.63, 3.8) is 0 Å². The van der Waals surface area contributed by atoms with Crippen molar-refractivity contribution in [1.29, 1.82) is 0 Å². The summed E-state index contributed by atoms with van der Waals surface area (Å²) in [4.78, 5) is 42.1. The van der Waals surface area contributed by atoms with Crippen LogP contribution in [0.3, 0.4) is 0 Å². The minimum Gasteiger partial charge on any atom is -0.496 e. The lowest BCUT2D eigenvalue weighted by atomic mass is 9.82. The van der Waals surface area contributed by atoms with Gasteiger partial charge in [-0.15, -0.1) is 0 Å². The Bertz CT molecular complexity index is 1890. The normalized spacial score (nSPS) is 15.3. The van der Waals surface area contributed by atoms with E-state index in [9.17, 15) is 14.4 Å². The van der Waals surface area contributed by atoms with Crippen LogP contribution in [-0.4, -0.2) is 69.2 Å². The highest BCUT2D eigenvalue weighted by atomic mass is 32.1. The molecular formula is C44H53N3O9S. The molecule has 0 saturated heterocycles. The number of nitrogens with zero attached hydrogens (tertiary/aromatic N) is 3. The summed E-state index contributed by atoms with van der Waals surface area (Å²) in [5.41, 5.74) is 1.55. The fraction of sp³-hybridized carbons (Fsp3) is 0.432. The first-order valence-electron chi connectivity index (χ1n) is 19.7. The number of aromatic nitrogens is 1. The van der Waals surface area contributed by atoms with E-state index in [1.807, 2.05) is 29.3 Å². The summed E-state index contributed by atoms with van der Waals surface area (Å²) in [5, 5.41) is 7.35. The highest BCUT2D eigenvalue weighted by molar-refractivity contribution is 7.22. The first-order valence-corrected chi connectivity index (χ1v) is 20.6. The smallest absolute Gasteiger partial charge is 0.330 e. The summed E-state index contributed by atoms with van der Waals surface area (Å²) >= 11 is 1.56. The predicted octanol–water partition coefficient (Wildman–Crippen LogP) is 8.95. The third kappa shape index (κ3) is 13.7. The van der Waals surface area contributed by atoms with Gasteiger partial charge in [-0.05, 0) is 112 Å². The molecule has 0 atom stereocenters. The number of carbonyl (C=O) groups excluding carboxylic acids is 3. The van der Waals surface area contributed by atoms with Gasteiger partial charge in [-0.1, -0.05) is 43.4 Å². The van der Waals surface area contributed by atoms with Gasteiger partial charge >= 0.3 is 17.9 Å². The summed E-state index contributed by atoms with van der Waals surface area (Å²) < 4.78 is 34.8. The second kappa shape index (κ2) is 23.1. The zero-order valence-corrected chi connectivity index (χ0v) is 33.7. The average molecular weight is 800 g/mol. The molecule has 5 rings (SSSR count). The number of hydrazone groups is 1. The second-order valence-electron chi connectivity index (χ2n) is 13.7. The van der Waals surface area contributed by atoms with Gasteiger partial charge in [-0.3, -0.25) is 9.59 Å². The minimum absolute atomic E-state index is 0.301. The molecule has 1 fully saturated rings. The van der Waals surface area contributed by atoms with Crippen LogP contribution in [0.25, 0.3) is 10.2 Å². The molecule has 0 unspecified atom stereocenters. The Balaban J connectivity index is 1.08. The molecule has 4 aromatic rings. The number of anilines is 1. The van der Waals surface area contributed by atoms with Crippen molar-refractivity contribution >= 4 is 50.8 Å².